The van der Waals surface area contributed by atoms with Crippen LogP contribution in [0.25, 0.3) is 6.08 Å². The number of rotatable bonds is 1. The second kappa shape index (κ2) is 4.20. The Hall–Kier alpha value is -1.26. The molecular weight excluding hydrogens is 256 g/mol. The Labute approximate surface area is 108 Å². The van der Waals surface area contributed by atoms with Gasteiger partial charge in [-0.1, -0.05) is 35.5 Å². The molecule has 3 nitrogen and oxygen atoms in total. The molecule has 2 aliphatic rings. The smallest absolute Gasteiger partial charge is 0.296 e. The van der Waals surface area contributed by atoms with E-state index in [0.29, 0.717) is 10.7 Å². The van der Waals surface area contributed by atoms with Gasteiger partial charge in [0.1, 0.15) is 5.70 Å². The molecule has 0 bridgehead atoms. The molecule has 3 rings (SSSR count). The van der Waals surface area contributed by atoms with E-state index in [1.165, 1.54) is 0 Å². The first-order valence-corrected chi connectivity index (χ1v) is 6.61. The van der Waals surface area contributed by atoms with E-state index < -0.39 is 0 Å². The fourth-order valence-corrected chi connectivity index (χ4v) is 2.91. The summed E-state index contributed by atoms with van der Waals surface area (Å²) in [6, 6.07) is 7.41. The van der Waals surface area contributed by atoms with Crippen LogP contribution in [0.15, 0.2) is 35.0 Å². The van der Waals surface area contributed by atoms with Crippen LogP contribution in [0.2, 0.25) is 5.02 Å². The first-order chi connectivity index (χ1) is 8.24. The molecule has 1 aromatic carbocycles. The van der Waals surface area contributed by atoms with Crippen molar-refractivity contribution in [2.24, 2.45) is 4.99 Å². The summed E-state index contributed by atoms with van der Waals surface area (Å²) in [5.74, 6) is 0.839. The SMILES string of the molecule is O=C1N=C2SCCN2C1=Cc1ccc(Cl)cc1. The molecule has 0 atom stereocenters. The first-order valence-electron chi connectivity index (χ1n) is 5.25. The largest absolute Gasteiger partial charge is 0.315 e. The molecule has 2 aliphatic heterocycles. The Balaban J connectivity index is 1.94. The topological polar surface area (TPSA) is 32.7 Å². The van der Waals surface area contributed by atoms with Gasteiger partial charge in [0.15, 0.2) is 5.17 Å². The number of amides is 1. The Morgan fingerprint density at radius 3 is 2.88 bits per heavy atom. The van der Waals surface area contributed by atoms with E-state index in [1.807, 2.05) is 35.2 Å². The van der Waals surface area contributed by atoms with Crippen LogP contribution in [-0.2, 0) is 4.79 Å². The highest BCUT2D eigenvalue weighted by Crippen LogP contribution is 2.29. The van der Waals surface area contributed by atoms with E-state index in [9.17, 15) is 4.79 Å². The Bertz CT molecular complexity index is 536. The van der Waals surface area contributed by atoms with Gasteiger partial charge >= 0.3 is 0 Å². The molecule has 0 N–H and O–H groups in total. The second-order valence-electron chi connectivity index (χ2n) is 3.78. The minimum Gasteiger partial charge on any atom is -0.315 e. The highest BCUT2D eigenvalue weighted by Gasteiger charge is 2.33. The van der Waals surface area contributed by atoms with Crippen molar-refractivity contribution in [2.45, 2.75) is 0 Å². The number of aliphatic imine (C=N–C) groups is 1. The molecule has 86 valence electrons. The third-order valence-electron chi connectivity index (χ3n) is 2.66. The van der Waals surface area contributed by atoms with Gasteiger partial charge in [0.05, 0.1) is 0 Å². The predicted molar refractivity (Wildman–Crippen MR) is 71.0 cm³/mol. The van der Waals surface area contributed by atoms with Crippen LogP contribution < -0.4 is 0 Å². The maximum atomic E-state index is 11.7. The number of carbonyl (C=O) groups excluding carboxylic acids is 1. The standard InChI is InChI=1S/C12H9ClN2OS/c13-9-3-1-8(2-4-9)7-10-11(16)14-12-15(10)5-6-17-12/h1-4,7H,5-6H2. The molecule has 0 spiro atoms. The highest BCUT2D eigenvalue weighted by molar-refractivity contribution is 8.14. The van der Waals surface area contributed by atoms with Crippen molar-refractivity contribution in [1.82, 2.24) is 4.90 Å². The van der Waals surface area contributed by atoms with Gasteiger partial charge in [0.2, 0.25) is 0 Å². The van der Waals surface area contributed by atoms with E-state index in [-0.39, 0.29) is 5.91 Å². The summed E-state index contributed by atoms with van der Waals surface area (Å²) in [7, 11) is 0. The molecule has 0 unspecified atom stereocenters. The molecule has 1 amide bonds. The third-order valence-corrected chi connectivity index (χ3v) is 3.87. The number of amidine groups is 1. The minimum atomic E-state index is -0.151. The number of nitrogens with zero attached hydrogens (tertiary/aromatic N) is 2. The van der Waals surface area contributed by atoms with E-state index >= 15 is 0 Å². The summed E-state index contributed by atoms with van der Waals surface area (Å²) < 4.78 is 0. The third kappa shape index (κ3) is 1.98. The van der Waals surface area contributed by atoms with Crippen LogP contribution >= 0.6 is 23.4 Å². The lowest BCUT2D eigenvalue weighted by Crippen LogP contribution is -2.20. The molecule has 1 saturated heterocycles. The van der Waals surface area contributed by atoms with E-state index in [4.69, 9.17) is 11.6 Å². The maximum absolute atomic E-state index is 11.7. The van der Waals surface area contributed by atoms with Crippen LogP contribution in [0.5, 0.6) is 0 Å². The molecule has 0 aromatic heterocycles. The normalized spacial score (nSPS) is 21.0. The van der Waals surface area contributed by atoms with Crippen LogP contribution in [0.4, 0.5) is 0 Å². The van der Waals surface area contributed by atoms with Gasteiger partial charge in [-0.05, 0) is 23.8 Å². The van der Waals surface area contributed by atoms with Gasteiger partial charge in [-0.3, -0.25) is 4.79 Å². The summed E-state index contributed by atoms with van der Waals surface area (Å²) >= 11 is 7.45. The number of benzene rings is 1. The number of fused-ring (bicyclic) bond motifs is 1. The Kier molecular flexibility index (Phi) is 2.68. The van der Waals surface area contributed by atoms with Crippen molar-refractivity contribution >= 4 is 40.5 Å². The van der Waals surface area contributed by atoms with E-state index in [2.05, 4.69) is 4.99 Å². The molecular formula is C12H9ClN2OS. The quantitative estimate of drug-likeness (QED) is 0.731. The number of hydrogen-bond donors (Lipinski definition) is 0. The van der Waals surface area contributed by atoms with Gasteiger partial charge in [-0.25, -0.2) is 0 Å². The monoisotopic (exact) mass is 264 g/mol. The summed E-state index contributed by atoms with van der Waals surface area (Å²) in [6.07, 6.45) is 1.86. The molecule has 2 heterocycles. The molecule has 17 heavy (non-hydrogen) atoms. The van der Waals surface area contributed by atoms with Crippen LogP contribution in [0.1, 0.15) is 5.56 Å². The lowest BCUT2D eigenvalue weighted by molar-refractivity contribution is -0.114. The zero-order valence-electron chi connectivity index (χ0n) is 8.89. The molecule has 1 aromatic rings. The van der Waals surface area contributed by atoms with Crippen LogP contribution in [0.3, 0.4) is 0 Å². The minimum absolute atomic E-state index is 0.151. The van der Waals surface area contributed by atoms with Gasteiger partial charge in [0.25, 0.3) is 5.91 Å². The van der Waals surface area contributed by atoms with Crippen molar-refractivity contribution in [2.75, 3.05) is 12.3 Å². The lowest BCUT2D eigenvalue weighted by atomic mass is 10.2. The zero-order valence-corrected chi connectivity index (χ0v) is 10.5. The number of hydrogen-bond acceptors (Lipinski definition) is 3. The van der Waals surface area contributed by atoms with E-state index in [0.717, 1.165) is 23.0 Å². The van der Waals surface area contributed by atoms with Gasteiger partial charge in [-0.15, -0.1) is 0 Å². The second-order valence-corrected chi connectivity index (χ2v) is 5.28. The van der Waals surface area contributed by atoms with Crippen molar-refractivity contribution in [3.63, 3.8) is 0 Å². The number of carbonyl (C=O) groups is 1. The summed E-state index contributed by atoms with van der Waals surface area (Å²) in [5, 5.41) is 1.52. The van der Waals surface area contributed by atoms with Crippen molar-refractivity contribution in [3.8, 4) is 0 Å². The maximum Gasteiger partial charge on any atom is 0.296 e. The van der Waals surface area contributed by atoms with Crippen LogP contribution in [0, 0.1) is 0 Å². The van der Waals surface area contributed by atoms with Crippen molar-refractivity contribution < 1.29 is 4.79 Å². The average molecular weight is 265 g/mol. The zero-order chi connectivity index (χ0) is 11.8. The van der Waals surface area contributed by atoms with Crippen molar-refractivity contribution in [1.29, 1.82) is 0 Å². The molecule has 5 heteroatoms. The fourth-order valence-electron chi connectivity index (χ4n) is 1.83. The molecule has 1 fully saturated rings. The number of thioether (sulfide) groups is 1. The number of halogens is 1. The van der Waals surface area contributed by atoms with Gasteiger partial charge in [-0.2, -0.15) is 4.99 Å². The average Bonchev–Trinajstić information content (AvgIpc) is 2.85. The van der Waals surface area contributed by atoms with Crippen molar-refractivity contribution in [3.05, 3.63) is 40.5 Å². The summed E-state index contributed by atoms with van der Waals surface area (Å²) in [6.45, 7) is 0.856. The molecule has 0 aliphatic carbocycles. The van der Waals surface area contributed by atoms with Crippen LogP contribution in [-0.4, -0.2) is 28.3 Å². The van der Waals surface area contributed by atoms with Gasteiger partial charge in [0, 0.05) is 17.3 Å². The fraction of sp³-hybridized carbons (Fsp3) is 0.167. The molecule has 0 saturated carbocycles. The highest BCUT2D eigenvalue weighted by atomic mass is 35.5. The summed E-state index contributed by atoms with van der Waals surface area (Å²) in [5.41, 5.74) is 1.62. The summed E-state index contributed by atoms with van der Waals surface area (Å²) in [4.78, 5) is 17.7. The lowest BCUT2D eigenvalue weighted by Gasteiger charge is -2.11. The van der Waals surface area contributed by atoms with E-state index in [1.54, 1.807) is 11.8 Å². The molecule has 0 radical (unpaired) electrons. The predicted octanol–water partition coefficient (Wildman–Crippen LogP) is 2.63. The Morgan fingerprint density at radius 2 is 2.12 bits per heavy atom. The first kappa shape index (κ1) is 10.9. The Morgan fingerprint density at radius 1 is 1.35 bits per heavy atom. The van der Waals surface area contributed by atoms with Gasteiger partial charge < -0.3 is 4.90 Å².